The van der Waals surface area contributed by atoms with Crippen molar-refractivity contribution >= 4 is 17.1 Å². The van der Waals surface area contributed by atoms with Gasteiger partial charge in [-0.25, -0.2) is 0 Å². The van der Waals surface area contributed by atoms with Gasteiger partial charge in [0.25, 0.3) is 0 Å². The zero-order valence-electron chi connectivity index (χ0n) is 47.9. The Morgan fingerprint density at radius 3 is 1.21 bits per heavy atom. The van der Waals surface area contributed by atoms with Gasteiger partial charge in [0.2, 0.25) is 0 Å². The Bertz CT molecular complexity index is 3190. The van der Waals surface area contributed by atoms with Crippen molar-refractivity contribution in [2.75, 3.05) is 4.90 Å². The molecule has 0 fully saturated rings. The van der Waals surface area contributed by atoms with E-state index in [0.717, 1.165) is 46.1 Å². The van der Waals surface area contributed by atoms with Crippen molar-refractivity contribution in [2.45, 2.75) is 163 Å². The lowest BCUT2D eigenvalue weighted by atomic mass is 9.67. The van der Waals surface area contributed by atoms with Gasteiger partial charge in [-0.1, -0.05) is 242 Å². The second-order valence-corrected chi connectivity index (χ2v) is 26.3. The molecule has 0 radical (unpaired) electrons. The summed E-state index contributed by atoms with van der Waals surface area (Å²) in [5, 5.41) is 0. The van der Waals surface area contributed by atoms with Gasteiger partial charge in [-0.2, -0.15) is 0 Å². The summed E-state index contributed by atoms with van der Waals surface area (Å²) in [4.78, 5) is 2.43. The van der Waals surface area contributed by atoms with Crippen molar-refractivity contribution in [3.05, 3.63) is 219 Å². The number of nitrogens with zero attached hydrogens (tertiary/aromatic N) is 1. The molecule has 2 heteroatoms. The van der Waals surface area contributed by atoms with Crippen molar-refractivity contribution in [1.82, 2.24) is 0 Å². The van der Waals surface area contributed by atoms with Crippen LogP contribution in [-0.4, -0.2) is 0 Å². The summed E-state index contributed by atoms with van der Waals surface area (Å²) in [6.07, 6.45) is 6.16. The van der Waals surface area contributed by atoms with E-state index in [0.29, 0.717) is 0 Å². The summed E-state index contributed by atoms with van der Waals surface area (Å²) in [5.74, 6) is 1.68. The average Bonchev–Trinajstić information content (AvgIpc) is 3.66. The number of anilines is 3. The predicted octanol–water partition coefficient (Wildman–Crippen LogP) is 20.9. The van der Waals surface area contributed by atoms with Crippen LogP contribution in [0.5, 0.6) is 11.5 Å². The number of benzene rings is 8. The monoisotopic (exact) mass is 988 g/mol. The van der Waals surface area contributed by atoms with Crippen LogP contribution >= 0.6 is 0 Å². The Morgan fingerprint density at radius 2 is 0.813 bits per heavy atom. The molecule has 8 aromatic carbocycles. The van der Waals surface area contributed by atoms with E-state index in [9.17, 15) is 0 Å². The molecule has 2 nitrogen and oxygen atoms in total. The van der Waals surface area contributed by atoms with E-state index in [2.05, 4.69) is 266 Å². The Morgan fingerprint density at radius 1 is 0.400 bits per heavy atom. The zero-order chi connectivity index (χ0) is 53.4. The third-order valence-corrected chi connectivity index (χ3v) is 16.3. The molecular formula is C73H81NO. The van der Waals surface area contributed by atoms with Crippen molar-refractivity contribution in [1.29, 1.82) is 0 Å². The number of ether oxygens (including phenoxy) is 1. The molecule has 0 atom stereocenters. The molecule has 1 heterocycles. The second-order valence-electron chi connectivity index (χ2n) is 26.3. The van der Waals surface area contributed by atoms with Crippen LogP contribution in [0.3, 0.4) is 0 Å². The molecular weight excluding hydrogens is 907 g/mol. The van der Waals surface area contributed by atoms with Crippen LogP contribution in [0.4, 0.5) is 17.1 Å². The fraction of sp³-hybridized carbons (Fsp3) is 0.342. The van der Waals surface area contributed by atoms with Crippen LogP contribution in [0.1, 0.15) is 177 Å². The fourth-order valence-electron chi connectivity index (χ4n) is 11.6. The fourth-order valence-corrected chi connectivity index (χ4v) is 11.6. The number of fused-ring (bicyclic) bond motifs is 5. The highest BCUT2D eigenvalue weighted by molar-refractivity contribution is 5.91. The number of hydrogen-bond acceptors (Lipinski definition) is 2. The Kier molecular flexibility index (Phi) is 13.3. The molecule has 384 valence electrons. The normalized spacial score (nSPS) is 14.0. The van der Waals surface area contributed by atoms with Crippen LogP contribution in [-0.2, 0) is 33.5 Å². The van der Waals surface area contributed by atoms with Gasteiger partial charge in [0.1, 0.15) is 0 Å². The van der Waals surface area contributed by atoms with E-state index in [1.807, 2.05) is 0 Å². The lowest BCUT2D eigenvalue weighted by molar-refractivity contribution is 0.477. The van der Waals surface area contributed by atoms with Gasteiger partial charge >= 0.3 is 0 Å². The van der Waals surface area contributed by atoms with Gasteiger partial charge in [-0.15, -0.1) is 0 Å². The van der Waals surface area contributed by atoms with Gasteiger partial charge in [0, 0.05) is 5.69 Å². The summed E-state index contributed by atoms with van der Waals surface area (Å²) >= 11 is 0. The maximum absolute atomic E-state index is 7.23. The minimum atomic E-state index is -0.506. The molecule has 8 aromatic rings. The van der Waals surface area contributed by atoms with Crippen LogP contribution in [0.15, 0.2) is 158 Å². The van der Waals surface area contributed by atoms with Crippen LogP contribution in [0.25, 0.3) is 33.4 Å². The smallest absolute Gasteiger partial charge is 0.152 e. The first-order valence-electron chi connectivity index (χ1n) is 27.9. The number of rotatable bonds is 10. The first-order valence-corrected chi connectivity index (χ1v) is 27.9. The Labute approximate surface area is 451 Å². The van der Waals surface area contributed by atoms with E-state index in [4.69, 9.17) is 4.74 Å². The number of aryl methyl sites for hydroxylation is 3. The molecule has 0 saturated carbocycles. The Balaban J connectivity index is 1.15. The highest BCUT2D eigenvalue weighted by Gasteiger charge is 2.46. The molecule has 0 amide bonds. The van der Waals surface area contributed by atoms with Gasteiger partial charge < -0.3 is 9.64 Å². The summed E-state index contributed by atoms with van der Waals surface area (Å²) in [6, 6.07) is 61.4. The van der Waals surface area contributed by atoms with Crippen LogP contribution in [0.2, 0.25) is 0 Å². The standard InChI is InChI=1S/C73H81NO/c1-16-17-18-19-20-49-23-27-54(28-24-49)73(63-37-47(2)21-33-61(63)62-34-22-48(3)38-64(62)73)55-29-31-60(32-30-55)74-65-35-25-50(52-39-56(69(4,5)6)45-57(40-52)70(7,8)9)43-67(65)75-68-44-51(26-36-66(68)74)53-41-58(71(10,11)12)46-59(42-53)72(13,14)15/h21-46H,16-20H2,1-15H3. The summed E-state index contributed by atoms with van der Waals surface area (Å²) < 4.78 is 7.23. The number of unbranched alkanes of at least 4 members (excludes halogenated alkanes) is 3. The predicted molar refractivity (Wildman–Crippen MR) is 321 cm³/mol. The molecule has 0 spiro atoms. The molecule has 0 N–H and O–H groups in total. The lowest BCUT2D eigenvalue weighted by Gasteiger charge is -2.36. The largest absolute Gasteiger partial charge is 0.453 e. The molecule has 0 bridgehead atoms. The van der Waals surface area contributed by atoms with Crippen molar-refractivity contribution in [3.63, 3.8) is 0 Å². The molecule has 0 saturated heterocycles. The van der Waals surface area contributed by atoms with Gasteiger partial charge in [-0.05, 0) is 168 Å². The van der Waals surface area contributed by atoms with Crippen molar-refractivity contribution in [3.8, 4) is 44.9 Å². The highest BCUT2D eigenvalue weighted by Crippen LogP contribution is 2.58. The van der Waals surface area contributed by atoms with E-state index in [1.54, 1.807) is 0 Å². The van der Waals surface area contributed by atoms with E-state index in [-0.39, 0.29) is 21.7 Å². The quantitative estimate of drug-likeness (QED) is 0.127. The molecule has 2 aliphatic rings. The molecule has 0 unspecified atom stereocenters. The van der Waals surface area contributed by atoms with Gasteiger partial charge in [-0.3, -0.25) is 0 Å². The molecule has 0 aromatic heterocycles. The Hall–Kier alpha value is -6.64. The summed E-state index contributed by atoms with van der Waals surface area (Å²) in [5.41, 5.74) is 24.5. The van der Waals surface area contributed by atoms with Crippen LogP contribution < -0.4 is 9.64 Å². The third kappa shape index (κ3) is 9.80. The van der Waals surface area contributed by atoms with Crippen LogP contribution in [0, 0.1) is 13.8 Å². The molecule has 1 aliphatic heterocycles. The summed E-state index contributed by atoms with van der Waals surface area (Å²) in [6.45, 7) is 34.5. The average molecular weight is 988 g/mol. The maximum atomic E-state index is 7.23. The first kappa shape index (κ1) is 51.8. The first-order chi connectivity index (χ1) is 35.4. The summed E-state index contributed by atoms with van der Waals surface area (Å²) in [7, 11) is 0. The third-order valence-electron chi connectivity index (χ3n) is 16.3. The van der Waals surface area contributed by atoms with E-state index in [1.165, 1.54) is 109 Å². The lowest BCUT2D eigenvalue weighted by Crippen LogP contribution is -2.29. The highest BCUT2D eigenvalue weighted by atomic mass is 16.5. The number of hydrogen-bond donors (Lipinski definition) is 0. The minimum Gasteiger partial charge on any atom is -0.453 e. The van der Waals surface area contributed by atoms with Crippen molar-refractivity contribution < 1.29 is 4.74 Å². The second kappa shape index (κ2) is 19.2. The van der Waals surface area contributed by atoms with E-state index >= 15 is 0 Å². The van der Waals surface area contributed by atoms with Gasteiger partial charge in [0.05, 0.1) is 16.8 Å². The minimum absolute atomic E-state index is 0.00754. The topological polar surface area (TPSA) is 12.5 Å². The van der Waals surface area contributed by atoms with Gasteiger partial charge in [0.15, 0.2) is 11.5 Å². The molecule has 10 rings (SSSR count). The maximum Gasteiger partial charge on any atom is 0.152 e. The molecule has 75 heavy (non-hydrogen) atoms. The SMILES string of the molecule is CCCCCCc1ccc(C2(c3ccc(N4c5ccc(-c6cc(C(C)(C)C)cc(C(C)(C)C)c6)cc5Oc5cc(-c6cc(C(C)(C)C)cc(C(C)(C)C)c6)ccc54)cc3)c3cc(C)ccc3-c3ccc(C)cc32)cc1. The zero-order valence-corrected chi connectivity index (χ0v) is 47.9. The van der Waals surface area contributed by atoms with Crippen molar-refractivity contribution in [2.24, 2.45) is 0 Å². The van der Waals surface area contributed by atoms with E-state index < -0.39 is 5.41 Å². The molecule has 1 aliphatic carbocycles.